The molecular formula is C34H45Cl2N9O2. The van der Waals surface area contributed by atoms with Crippen LogP contribution in [0.4, 0.5) is 22.2 Å². The number of nitrogens with one attached hydrogen (secondary N) is 3. The van der Waals surface area contributed by atoms with E-state index < -0.39 is 6.09 Å². The van der Waals surface area contributed by atoms with Crippen LogP contribution >= 0.6 is 24.8 Å². The molecule has 252 valence electrons. The molecule has 5 N–H and O–H groups in total. The minimum absolute atomic E-state index is 0. The van der Waals surface area contributed by atoms with Gasteiger partial charge in [0, 0.05) is 42.8 Å². The summed E-state index contributed by atoms with van der Waals surface area (Å²) < 4.78 is 2.25. The monoisotopic (exact) mass is 681 g/mol. The van der Waals surface area contributed by atoms with Crippen LogP contribution in [-0.2, 0) is 4.84 Å². The number of para-hydroxylation sites is 1. The number of aromatic nitrogens is 4. The topological polar surface area (TPSA) is 135 Å². The van der Waals surface area contributed by atoms with Crippen molar-refractivity contribution < 1.29 is 9.63 Å². The van der Waals surface area contributed by atoms with E-state index in [-0.39, 0.29) is 30.9 Å². The molecule has 1 aliphatic heterocycles. The van der Waals surface area contributed by atoms with Gasteiger partial charge < -0.3 is 25.8 Å². The standard InChI is InChI=1S/C34H43N9O2.2ClH/c35-24-14-16-25(17-15-24)38-33-40-31(30-32(41-33)43(22-36-30)27-10-4-5-11-27)37-26-18-20-42(21-19-26)45-34(44)39-29-13-7-6-12-28(29)23-8-2-1-3-9-23;;/h1-3,6-9,12-13,22,24-27H,4-5,10-11,14-21,35H2,(H,39,44)(H2,37,38,40,41);2*1H. The fraction of sp³-hybridized carbons (Fsp3) is 0.471. The number of amides is 1. The first-order valence-electron chi connectivity index (χ1n) is 16.5. The highest BCUT2D eigenvalue weighted by Gasteiger charge is 2.27. The number of imidazole rings is 1. The first-order chi connectivity index (χ1) is 22.1. The number of carbonyl (C=O) groups is 1. The summed E-state index contributed by atoms with van der Waals surface area (Å²) in [5, 5.41) is 12.0. The molecule has 2 aromatic heterocycles. The zero-order chi connectivity index (χ0) is 30.6. The van der Waals surface area contributed by atoms with Gasteiger partial charge in [0.15, 0.2) is 17.0 Å². The summed E-state index contributed by atoms with van der Waals surface area (Å²) in [7, 11) is 0. The second kappa shape index (κ2) is 16.0. The molecule has 0 atom stereocenters. The number of piperidine rings is 1. The molecule has 3 heterocycles. The molecule has 11 nitrogen and oxygen atoms in total. The Balaban J connectivity index is 0.00000217. The molecule has 0 unspecified atom stereocenters. The summed E-state index contributed by atoms with van der Waals surface area (Å²) in [4.78, 5) is 33.3. The Morgan fingerprint density at radius 2 is 1.49 bits per heavy atom. The summed E-state index contributed by atoms with van der Waals surface area (Å²) in [5.74, 6) is 1.42. The Bertz CT molecular complexity index is 1600. The van der Waals surface area contributed by atoms with Gasteiger partial charge in [-0.25, -0.2) is 9.78 Å². The number of nitrogens with zero attached hydrogens (tertiary/aromatic N) is 5. The molecule has 1 saturated heterocycles. The maximum absolute atomic E-state index is 12.9. The predicted octanol–water partition coefficient (Wildman–Crippen LogP) is 7.17. The van der Waals surface area contributed by atoms with Crippen LogP contribution in [0.1, 0.15) is 70.3 Å². The van der Waals surface area contributed by atoms with E-state index in [1.165, 1.54) is 12.8 Å². The van der Waals surface area contributed by atoms with Crippen LogP contribution in [0, 0.1) is 0 Å². The molecule has 0 radical (unpaired) electrons. The average Bonchev–Trinajstić information content (AvgIpc) is 3.74. The van der Waals surface area contributed by atoms with Crippen LogP contribution in [0.15, 0.2) is 60.9 Å². The van der Waals surface area contributed by atoms with Gasteiger partial charge in [-0.1, -0.05) is 61.4 Å². The van der Waals surface area contributed by atoms with Crippen molar-refractivity contribution in [3.63, 3.8) is 0 Å². The maximum Gasteiger partial charge on any atom is 0.430 e. The first-order valence-corrected chi connectivity index (χ1v) is 16.5. The molecule has 2 aliphatic carbocycles. The average molecular weight is 683 g/mol. The highest BCUT2D eigenvalue weighted by atomic mass is 35.5. The van der Waals surface area contributed by atoms with Crippen LogP contribution < -0.4 is 21.7 Å². The number of rotatable bonds is 8. The zero-order valence-corrected chi connectivity index (χ0v) is 28.1. The number of benzene rings is 2. The lowest BCUT2D eigenvalue weighted by molar-refractivity contribution is -0.106. The van der Waals surface area contributed by atoms with E-state index >= 15 is 0 Å². The quantitative estimate of drug-likeness (QED) is 0.153. The third kappa shape index (κ3) is 8.27. The number of hydrogen-bond acceptors (Lipinski definition) is 9. The van der Waals surface area contributed by atoms with Crippen LogP contribution in [0.5, 0.6) is 0 Å². The van der Waals surface area contributed by atoms with E-state index in [0.29, 0.717) is 37.2 Å². The lowest BCUT2D eigenvalue weighted by Gasteiger charge is -2.31. The van der Waals surface area contributed by atoms with Gasteiger partial charge in [-0.2, -0.15) is 9.97 Å². The van der Waals surface area contributed by atoms with Crippen molar-refractivity contribution in [2.45, 2.75) is 88.4 Å². The summed E-state index contributed by atoms with van der Waals surface area (Å²) in [5.41, 5.74) is 10.6. The Labute approximate surface area is 288 Å². The van der Waals surface area contributed by atoms with Gasteiger partial charge in [0.25, 0.3) is 0 Å². The van der Waals surface area contributed by atoms with E-state index in [2.05, 4.69) is 20.5 Å². The van der Waals surface area contributed by atoms with Crippen LogP contribution in [0.2, 0.25) is 0 Å². The Kier molecular flexibility index (Phi) is 11.8. The zero-order valence-electron chi connectivity index (χ0n) is 26.5. The Morgan fingerprint density at radius 3 is 2.23 bits per heavy atom. The van der Waals surface area contributed by atoms with Gasteiger partial charge in [0.2, 0.25) is 5.95 Å². The lowest BCUT2D eigenvalue weighted by atomic mass is 9.92. The second-order valence-electron chi connectivity index (χ2n) is 12.7. The summed E-state index contributed by atoms with van der Waals surface area (Å²) >= 11 is 0. The molecule has 7 rings (SSSR count). The molecule has 47 heavy (non-hydrogen) atoms. The number of anilines is 3. The second-order valence-corrected chi connectivity index (χ2v) is 12.7. The molecule has 0 spiro atoms. The fourth-order valence-electron chi connectivity index (χ4n) is 6.97. The fourth-order valence-corrected chi connectivity index (χ4v) is 6.97. The number of fused-ring (bicyclic) bond motifs is 1. The van der Waals surface area contributed by atoms with Crippen LogP contribution in [0.25, 0.3) is 22.3 Å². The van der Waals surface area contributed by atoms with Crippen molar-refractivity contribution in [1.82, 2.24) is 24.6 Å². The SMILES string of the molecule is Cl.Cl.NC1CCC(Nc2nc(NC3CCN(OC(=O)Nc4ccccc4-c4ccccc4)CC3)c3ncn(C4CCCC4)c3n2)CC1. The first kappa shape index (κ1) is 34.7. The van der Waals surface area contributed by atoms with Crippen molar-refractivity contribution in [3.8, 4) is 11.1 Å². The Morgan fingerprint density at radius 1 is 0.809 bits per heavy atom. The molecule has 2 aromatic carbocycles. The van der Waals surface area contributed by atoms with E-state index in [9.17, 15) is 4.79 Å². The molecule has 1 amide bonds. The van der Waals surface area contributed by atoms with Crippen molar-refractivity contribution in [2.75, 3.05) is 29.0 Å². The minimum atomic E-state index is -0.487. The smallest absolute Gasteiger partial charge is 0.365 e. The molecule has 3 fully saturated rings. The van der Waals surface area contributed by atoms with Crippen molar-refractivity contribution >= 4 is 59.5 Å². The summed E-state index contributed by atoms with van der Waals surface area (Å²) in [6, 6.07) is 19.0. The van der Waals surface area contributed by atoms with Gasteiger partial charge in [-0.3, -0.25) is 5.32 Å². The van der Waals surface area contributed by atoms with E-state index in [0.717, 1.165) is 85.2 Å². The number of halogens is 2. The Hall–Kier alpha value is -3.64. The van der Waals surface area contributed by atoms with E-state index in [4.69, 9.17) is 25.5 Å². The van der Waals surface area contributed by atoms with Crippen molar-refractivity contribution in [1.29, 1.82) is 0 Å². The lowest BCUT2D eigenvalue weighted by Crippen LogP contribution is -2.41. The van der Waals surface area contributed by atoms with Crippen LogP contribution in [0.3, 0.4) is 0 Å². The highest BCUT2D eigenvalue weighted by molar-refractivity contribution is 5.91. The summed E-state index contributed by atoms with van der Waals surface area (Å²) in [6.45, 7) is 1.23. The maximum atomic E-state index is 12.9. The number of carbonyl (C=O) groups excluding carboxylic acids is 1. The third-order valence-corrected chi connectivity index (χ3v) is 9.50. The normalized spacial score (nSPS) is 20.6. The van der Waals surface area contributed by atoms with Gasteiger partial charge in [0.1, 0.15) is 0 Å². The molecular weight excluding hydrogens is 637 g/mol. The molecule has 0 bridgehead atoms. The molecule has 4 aromatic rings. The highest BCUT2D eigenvalue weighted by Crippen LogP contribution is 2.34. The molecule has 2 saturated carbocycles. The van der Waals surface area contributed by atoms with Gasteiger partial charge in [-0.05, 0) is 63.0 Å². The molecule has 13 heteroatoms. The van der Waals surface area contributed by atoms with E-state index in [1.807, 2.05) is 60.9 Å². The van der Waals surface area contributed by atoms with Crippen molar-refractivity contribution in [2.24, 2.45) is 5.73 Å². The number of hydroxylamine groups is 2. The largest absolute Gasteiger partial charge is 0.430 e. The van der Waals surface area contributed by atoms with Gasteiger partial charge in [-0.15, -0.1) is 29.9 Å². The van der Waals surface area contributed by atoms with E-state index in [1.54, 1.807) is 5.06 Å². The van der Waals surface area contributed by atoms with Gasteiger partial charge >= 0.3 is 6.09 Å². The predicted molar refractivity (Wildman–Crippen MR) is 191 cm³/mol. The number of nitrogens with two attached hydrogens (primary N) is 1. The van der Waals surface area contributed by atoms with Gasteiger partial charge in [0.05, 0.1) is 12.0 Å². The van der Waals surface area contributed by atoms with Crippen LogP contribution in [-0.4, -0.2) is 61.9 Å². The molecule has 3 aliphatic rings. The number of hydrogen-bond donors (Lipinski definition) is 4. The minimum Gasteiger partial charge on any atom is -0.365 e. The summed E-state index contributed by atoms with van der Waals surface area (Å²) in [6.07, 6.45) is 11.9. The van der Waals surface area contributed by atoms with Crippen molar-refractivity contribution in [3.05, 3.63) is 60.9 Å². The third-order valence-electron chi connectivity index (χ3n) is 9.50.